The molecule has 0 unspecified atom stereocenters. The van der Waals surface area contributed by atoms with Crippen LogP contribution in [-0.4, -0.2) is 7.11 Å². The second kappa shape index (κ2) is 4.88. The van der Waals surface area contributed by atoms with E-state index in [0.717, 1.165) is 22.2 Å². The Balaban J connectivity index is 2.95. The lowest BCUT2D eigenvalue weighted by Gasteiger charge is -2.08. The molecule has 0 saturated carbocycles. The molecule has 68 valence electrons. The Morgan fingerprint density at radius 3 is 2.92 bits per heavy atom. The Hall–Kier alpha value is -1.01. The predicted molar refractivity (Wildman–Crippen MR) is 54.6 cm³/mol. The number of hydrogen-bond donors (Lipinski definition) is 0. The van der Waals surface area contributed by atoms with Crippen LogP contribution < -0.4 is 4.74 Å². The highest BCUT2D eigenvalue weighted by Gasteiger charge is 2.05. The van der Waals surface area contributed by atoms with Gasteiger partial charge >= 0.3 is 0 Å². The number of methoxy groups -OCH3 is 1. The predicted octanol–water partition coefficient (Wildman–Crippen LogP) is 2.91. The molecular weight excluding hydrogens is 230 g/mol. The van der Waals surface area contributed by atoms with E-state index in [2.05, 4.69) is 22.0 Å². The maximum atomic E-state index is 8.48. The zero-order valence-electron chi connectivity index (χ0n) is 7.38. The van der Waals surface area contributed by atoms with Gasteiger partial charge in [-0.1, -0.05) is 22.0 Å². The van der Waals surface area contributed by atoms with Gasteiger partial charge in [0.25, 0.3) is 0 Å². The molecule has 0 aliphatic carbocycles. The SMILES string of the molecule is COc1cccc(Br)c1CCC#N. The molecule has 0 N–H and O–H groups in total. The summed E-state index contributed by atoms with van der Waals surface area (Å²) < 4.78 is 6.19. The van der Waals surface area contributed by atoms with Crippen LogP contribution in [-0.2, 0) is 6.42 Å². The maximum absolute atomic E-state index is 8.48. The van der Waals surface area contributed by atoms with Gasteiger partial charge < -0.3 is 4.74 Å². The molecule has 1 rings (SSSR count). The van der Waals surface area contributed by atoms with Gasteiger partial charge in [0.1, 0.15) is 5.75 Å². The normalized spacial score (nSPS) is 9.31. The standard InChI is InChI=1S/C10H10BrNO/c1-13-10-6-2-5-9(11)8(10)4-3-7-12/h2,5-6H,3-4H2,1H3. The van der Waals surface area contributed by atoms with Gasteiger partial charge in [0.2, 0.25) is 0 Å². The van der Waals surface area contributed by atoms with Crippen molar-refractivity contribution in [3.8, 4) is 11.8 Å². The first-order chi connectivity index (χ1) is 6.29. The highest BCUT2D eigenvalue weighted by atomic mass is 79.9. The minimum absolute atomic E-state index is 0.513. The second-order valence-corrected chi connectivity index (χ2v) is 3.43. The van der Waals surface area contributed by atoms with Crippen LogP contribution >= 0.6 is 15.9 Å². The van der Waals surface area contributed by atoms with Gasteiger partial charge in [0, 0.05) is 16.5 Å². The molecule has 1 aromatic rings. The second-order valence-electron chi connectivity index (χ2n) is 2.58. The summed E-state index contributed by atoms with van der Waals surface area (Å²) >= 11 is 3.43. The number of halogens is 1. The fourth-order valence-electron chi connectivity index (χ4n) is 1.15. The van der Waals surface area contributed by atoms with Crippen molar-refractivity contribution in [2.24, 2.45) is 0 Å². The topological polar surface area (TPSA) is 33.0 Å². The lowest BCUT2D eigenvalue weighted by molar-refractivity contribution is 0.409. The molecule has 0 atom stereocenters. The third kappa shape index (κ3) is 2.46. The summed E-state index contributed by atoms with van der Waals surface area (Å²) in [6, 6.07) is 7.89. The van der Waals surface area contributed by atoms with Gasteiger partial charge in [0.15, 0.2) is 0 Å². The number of rotatable bonds is 3. The van der Waals surface area contributed by atoms with Crippen LogP contribution in [0.3, 0.4) is 0 Å². The van der Waals surface area contributed by atoms with Crippen molar-refractivity contribution in [1.29, 1.82) is 5.26 Å². The lowest BCUT2D eigenvalue weighted by Crippen LogP contribution is -1.92. The van der Waals surface area contributed by atoms with Gasteiger partial charge in [-0.15, -0.1) is 0 Å². The monoisotopic (exact) mass is 239 g/mol. The molecule has 0 aliphatic heterocycles. The summed E-state index contributed by atoms with van der Waals surface area (Å²) in [5.41, 5.74) is 1.06. The zero-order valence-corrected chi connectivity index (χ0v) is 8.97. The number of nitrogens with zero attached hydrogens (tertiary/aromatic N) is 1. The van der Waals surface area contributed by atoms with Crippen molar-refractivity contribution >= 4 is 15.9 Å². The van der Waals surface area contributed by atoms with Crippen LogP contribution in [0, 0.1) is 11.3 Å². The van der Waals surface area contributed by atoms with E-state index in [9.17, 15) is 0 Å². The van der Waals surface area contributed by atoms with Crippen LogP contribution in [0.2, 0.25) is 0 Å². The summed E-state index contributed by atoms with van der Waals surface area (Å²) in [6.07, 6.45) is 1.24. The molecule has 0 heterocycles. The molecule has 0 aromatic heterocycles. The first kappa shape index (κ1) is 10.1. The number of hydrogen-bond acceptors (Lipinski definition) is 2. The minimum atomic E-state index is 0.513. The number of nitriles is 1. The quantitative estimate of drug-likeness (QED) is 0.813. The van der Waals surface area contributed by atoms with Gasteiger partial charge in [-0.05, 0) is 18.6 Å². The van der Waals surface area contributed by atoms with Crippen LogP contribution in [0.15, 0.2) is 22.7 Å². The third-order valence-electron chi connectivity index (χ3n) is 1.78. The van der Waals surface area contributed by atoms with Crippen LogP contribution in [0.25, 0.3) is 0 Å². The molecule has 13 heavy (non-hydrogen) atoms. The van der Waals surface area contributed by atoms with Crippen molar-refractivity contribution in [3.63, 3.8) is 0 Å². The summed E-state index contributed by atoms with van der Waals surface area (Å²) in [4.78, 5) is 0. The van der Waals surface area contributed by atoms with Crippen molar-refractivity contribution < 1.29 is 4.74 Å². The molecule has 0 bridgehead atoms. The molecule has 3 heteroatoms. The molecule has 0 radical (unpaired) electrons. The van der Waals surface area contributed by atoms with Crippen LogP contribution in [0.5, 0.6) is 5.75 Å². The first-order valence-corrected chi connectivity index (χ1v) is 4.77. The Kier molecular flexibility index (Phi) is 3.78. The molecule has 1 aromatic carbocycles. The Morgan fingerprint density at radius 1 is 1.54 bits per heavy atom. The molecule has 0 aliphatic rings. The Bertz CT molecular complexity index is 330. The van der Waals surface area contributed by atoms with Crippen LogP contribution in [0.4, 0.5) is 0 Å². The molecule has 0 amide bonds. The minimum Gasteiger partial charge on any atom is -0.496 e. The Labute approximate surface area is 86.3 Å². The van der Waals surface area contributed by atoms with Crippen molar-refractivity contribution in [3.05, 3.63) is 28.2 Å². The van der Waals surface area contributed by atoms with Crippen molar-refractivity contribution in [1.82, 2.24) is 0 Å². The van der Waals surface area contributed by atoms with Gasteiger partial charge in [-0.2, -0.15) is 5.26 Å². The van der Waals surface area contributed by atoms with E-state index in [1.807, 2.05) is 18.2 Å². The van der Waals surface area contributed by atoms with Gasteiger partial charge in [-0.3, -0.25) is 0 Å². The molecule has 0 fully saturated rings. The fourth-order valence-corrected chi connectivity index (χ4v) is 1.70. The largest absolute Gasteiger partial charge is 0.496 e. The highest BCUT2D eigenvalue weighted by molar-refractivity contribution is 9.10. The number of ether oxygens (including phenoxy) is 1. The third-order valence-corrected chi connectivity index (χ3v) is 2.53. The average molecular weight is 240 g/mol. The maximum Gasteiger partial charge on any atom is 0.123 e. The summed E-state index contributed by atoms with van der Waals surface area (Å²) in [5.74, 6) is 0.838. The smallest absolute Gasteiger partial charge is 0.123 e. The zero-order chi connectivity index (χ0) is 9.68. The van der Waals surface area contributed by atoms with Crippen molar-refractivity contribution in [2.45, 2.75) is 12.8 Å². The van der Waals surface area contributed by atoms with E-state index in [1.165, 1.54) is 0 Å². The average Bonchev–Trinajstić information content (AvgIpc) is 2.15. The fraction of sp³-hybridized carbons (Fsp3) is 0.300. The lowest BCUT2D eigenvalue weighted by atomic mass is 10.1. The first-order valence-electron chi connectivity index (χ1n) is 3.98. The van der Waals surface area contributed by atoms with E-state index in [0.29, 0.717) is 6.42 Å². The number of benzene rings is 1. The molecular formula is C10H10BrNO. The van der Waals surface area contributed by atoms with E-state index < -0.39 is 0 Å². The Morgan fingerprint density at radius 2 is 2.31 bits per heavy atom. The van der Waals surface area contributed by atoms with E-state index in [-0.39, 0.29) is 0 Å². The highest BCUT2D eigenvalue weighted by Crippen LogP contribution is 2.27. The molecule has 0 spiro atoms. The van der Waals surface area contributed by atoms with E-state index >= 15 is 0 Å². The molecule has 0 saturated heterocycles. The van der Waals surface area contributed by atoms with Gasteiger partial charge in [0.05, 0.1) is 13.2 Å². The molecule has 2 nitrogen and oxygen atoms in total. The van der Waals surface area contributed by atoms with E-state index in [1.54, 1.807) is 7.11 Å². The van der Waals surface area contributed by atoms with Crippen molar-refractivity contribution in [2.75, 3.05) is 7.11 Å². The van der Waals surface area contributed by atoms with Gasteiger partial charge in [-0.25, -0.2) is 0 Å². The van der Waals surface area contributed by atoms with E-state index in [4.69, 9.17) is 10.00 Å². The van der Waals surface area contributed by atoms with Crippen LogP contribution in [0.1, 0.15) is 12.0 Å². The summed E-state index contributed by atoms with van der Waals surface area (Å²) in [6.45, 7) is 0. The summed E-state index contributed by atoms with van der Waals surface area (Å²) in [7, 11) is 1.64. The summed E-state index contributed by atoms with van der Waals surface area (Å²) in [5, 5.41) is 8.48.